The molecule has 3 rings (SSSR count). The van der Waals surface area contributed by atoms with E-state index in [0.29, 0.717) is 6.54 Å². The number of likely N-dealkylation sites (N-methyl/N-ethyl adjacent to an activating group) is 1. The molecule has 0 aliphatic heterocycles. The monoisotopic (exact) mass is 352 g/mol. The molecule has 0 spiro atoms. The Hall–Kier alpha value is -2.33. The Bertz CT molecular complexity index is 715. The zero-order valence-electron chi connectivity index (χ0n) is 15.7. The van der Waals surface area contributed by atoms with Crippen molar-refractivity contribution < 1.29 is 9.53 Å². The minimum Gasteiger partial charge on any atom is -0.494 e. The fourth-order valence-corrected chi connectivity index (χ4v) is 3.66. The summed E-state index contributed by atoms with van der Waals surface area (Å²) in [5.74, 6) is 0.901. The number of carbonyl (C=O) groups excluding carboxylic acids is 1. The Morgan fingerprint density at radius 2 is 1.73 bits per heavy atom. The third kappa shape index (κ3) is 4.07. The van der Waals surface area contributed by atoms with E-state index >= 15 is 0 Å². The van der Waals surface area contributed by atoms with Crippen LogP contribution in [0.1, 0.15) is 36.5 Å². The highest BCUT2D eigenvalue weighted by Crippen LogP contribution is 2.38. The van der Waals surface area contributed by atoms with Gasteiger partial charge in [-0.3, -0.25) is 4.79 Å². The van der Waals surface area contributed by atoms with E-state index in [2.05, 4.69) is 54.0 Å². The Labute approximate surface area is 156 Å². The van der Waals surface area contributed by atoms with Gasteiger partial charge in [0.05, 0.1) is 18.7 Å². The summed E-state index contributed by atoms with van der Waals surface area (Å²) in [7, 11) is 1.79. The van der Waals surface area contributed by atoms with Crippen molar-refractivity contribution in [3.63, 3.8) is 0 Å². The van der Waals surface area contributed by atoms with Crippen molar-refractivity contribution in [2.45, 2.75) is 38.1 Å². The van der Waals surface area contributed by atoms with Gasteiger partial charge in [-0.2, -0.15) is 0 Å². The van der Waals surface area contributed by atoms with Gasteiger partial charge in [0.2, 0.25) is 5.91 Å². The van der Waals surface area contributed by atoms with E-state index < -0.39 is 0 Å². The fourth-order valence-electron chi connectivity index (χ4n) is 3.66. The molecule has 1 amide bonds. The molecule has 2 aromatic rings. The van der Waals surface area contributed by atoms with Crippen LogP contribution in [0.3, 0.4) is 0 Å². The molecule has 26 heavy (non-hydrogen) atoms. The van der Waals surface area contributed by atoms with Gasteiger partial charge in [-0.1, -0.05) is 49.7 Å². The van der Waals surface area contributed by atoms with E-state index in [1.165, 1.54) is 11.1 Å². The van der Waals surface area contributed by atoms with E-state index in [-0.39, 0.29) is 11.4 Å². The first kappa shape index (κ1) is 18.5. The van der Waals surface area contributed by atoms with Crippen LogP contribution in [0.5, 0.6) is 5.75 Å². The second-order valence-corrected chi connectivity index (χ2v) is 7.01. The lowest BCUT2D eigenvalue weighted by molar-refractivity contribution is -0.122. The van der Waals surface area contributed by atoms with Gasteiger partial charge in [0.15, 0.2) is 0 Å². The number of carbonyl (C=O) groups is 1. The summed E-state index contributed by atoms with van der Waals surface area (Å²) in [5, 5.41) is 6.22. The van der Waals surface area contributed by atoms with Gasteiger partial charge in [0.25, 0.3) is 0 Å². The van der Waals surface area contributed by atoms with Crippen molar-refractivity contribution in [2.24, 2.45) is 0 Å². The van der Waals surface area contributed by atoms with Crippen LogP contribution in [0, 0.1) is 0 Å². The molecule has 0 heterocycles. The third-order valence-electron chi connectivity index (χ3n) is 4.99. The number of amides is 1. The van der Waals surface area contributed by atoms with Crippen LogP contribution >= 0.6 is 0 Å². The summed E-state index contributed by atoms with van der Waals surface area (Å²) < 4.78 is 5.78. The predicted molar refractivity (Wildman–Crippen MR) is 104 cm³/mol. The second-order valence-electron chi connectivity index (χ2n) is 7.01. The molecule has 1 aliphatic rings. The average Bonchev–Trinajstić information content (AvgIpc) is 3.01. The summed E-state index contributed by atoms with van der Waals surface area (Å²) >= 11 is 0. The van der Waals surface area contributed by atoms with Gasteiger partial charge in [-0.15, -0.1) is 0 Å². The zero-order chi connectivity index (χ0) is 18.4. The van der Waals surface area contributed by atoms with Crippen LogP contribution < -0.4 is 15.4 Å². The quantitative estimate of drug-likeness (QED) is 0.718. The summed E-state index contributed by atoms with van der Waals surface area (Å²) in [5.41, 5.74) is 3.35. The topological polar surface area (TPSA) is 50.4 Å². The van der Waals surface area contributed by atoms with Crippen molar-refractivity contribution in [1.29, 1.82) is 0 Å². The normalized spacial score (nSPS) is 14.7. The van der Waals surface area contributed by atoms with Crippen molar-refractivity contribution >= 4 is 5.91 Å². The SMILES string of the molecule is CCCCOc1ccc(C2(NC(=O)CNC)Cc3ccccc3C2)cc1. The first-order chi connectivity index (χ1) is 12.7. The van der Waals surface area contributed by atoms with Gasteiger partial charge < -0.3 is 15.4 Å². The van der Waals surface area contributed by atoms with Crippen molar-refractivity contribution in [1.82, 2.24) is 10.6 Å². The highest BCUT2D eigenvalue weighted by Gasteiger charge is 2.39. The maximum absolute atomic E-state index is 12.4. The van der Waals surface area contributed by atoms with Crippen LogP contribution in [-0.2, 0) is 23.2 Å². The molecule has 1 aliphatic carbocycles. The van der Waals surface area contributed by atoms with Crippen LogP contribution in [0.25, 0.3) is 0 Å². The van der Waals surface area contributed by atoms with Gasteiger partial charge in [-0.25, -0.2) is 0 Å². The molecule has 0 unspecified atom stereocenters. The zero-order valence-corrected chi connectivity index (χ0v) is 15.7. The highest BCUT2D eigenvalue weighted by molar-refractivity contribution is 5.79. The second kappa shape index (κ2) is 8.37. The lowest BCUT2D eigenvalue weighted by Crippen LogP contribution is -2.49. The molecule has 0 saturated heterocycles. The van der Waals surface area contributed by atoms with Gasteiger partial charge in [-0.05, 0) is 42.3 Å². The number of ether oxygens (including phenoxy) is 1. The molecule has 0 saturated carbocycles. The number of hydrogen-bond acceptors (Lipinski definition) is 3. The number of rotatable bonds is 8. The van der Waals surface area contributed by atoms with E-state index in [9.17, 15) is 4.79 Å². The summed E-state index contributed by atoms with van der Waals surface area (Å²) in [6.45, 7) is 3.21. The summed E-state index contributed by atoms with van der Waals surface area (Å²) in [6.07, 6.45) is 3.81. The predicted octanol–water partition coefficient (Wildman–Crippen LogP) is 3.20. The minimum atomic E-state index is -0.389. The number of benzene rings is 2. The molecule has 0 bridgehead atoms. The Morgan fingerprint density at radius 1 is 1.08 bits per heavy atom. The molecule has 0 radical (unpaired) electrons. The molecule has 0 atom stereocenters. The van der Waals surface area contributed by atoms with Gasteiger partial charge >= 0.3 is 0 Å². The Balaban J connectivity index is 1.84. The van der Waals surface area contributed by atoms with Gasteiger partial charge in [0, 0.05) is 12.8 Å². The number of unbranched alkanes of at least 4 members (excludes halogenated alkanes) is 1. The smallest absolute Gasteiger partial charge is 0.234 e. The number of fused-ring (bicyclic) bond motifs is 1. The molecule has 0 fully saturated rings. The molecular weight excluding hydrogens is 324 g/mol. The molecule has 138 valence electrons. The fraction of sp³-hybridized carbons (Fsp3) is 0.409. The Kier molecular flexibility index (Phi) is 5.94. The van der Waals surface area contributed by atoms with Crippen molar-refractivity contribution in [3.05, 3.63) is 65.2 Å². The molecular formula is C22H28N2O2. The largest absolute Gasteiger partial charge is 0.494 e. The first-order valence-electron chi connectivity index (χ1n) is 9.42. The Morgan fingerprint density at radius 3 is 2.31 bits per heavy atom. The summed E-state index contributed by atoms with van der Waals surface area (Å²) in [4.78, 5) is 12.4. The van der Waals surface area contributed by atoms with Crippen LogP contribution in [0.2, 0.25) is 0 Å². The minimum absolute atomic E-state index is 0.0172. The summed E-state index contributed by atoms with van der Waals surface area (Å²) in [6, 6.07) is 16.6. The standard InChI is InChI=1S/C22H28N2O2/c1-3-4-13-26-20-11-9-19(10-12-20)22(24-21(25)16-23-2)14-17-7-5-6-8-18(17)15-22/h5-12,23H,3-4,13-16H2,1-2H3,(H,24,25). The number of hydrogen-bond donors (Lipinski definition) is 2. The maximum atomic E-state index is 12.4. The van der Waals surface area contributed by atoms with Crippen molar-refractivity contribution in [2.75, 3.05) is 20.2 Å². The van der Waals surface area contributed by atoms with E-state index in [0.717, 1.165) is 43.6 Å². The van der Waals surface area contributed by atoms with E-state index in [1.54, 1.807) is 7.05 Å². The average molecular weight is 352 g/mol. The molecule has 0 aromatic heterocycles. The molecule has 2 aromatic carbocycles. The first-order valence-corrected chi connectivity index (χ1v) is 9.42. The third-order valence-corrected chi connectivity index (χ3v) is 4.99. The lowest BCUT2D eigenvalue weighted by atomic mass is 9.86. The molecule has 4 heteroatoms. The van der Waals surface area contributed by atoms with E-state index in [4.69, 9.17) is 4.74 Å². The maximum Gasteiger partial charge on any atom is 0.234 e. The molecule has 4 nitrogen and oxygen atoms in total. The van der Waals surface area contributed by atoms with Crippen LogP contribution in [0.4, 0.5) is 0 Å². The van der Waals surface area contributed by atoms with Gasteiger partial charge in [0.1, 0.15) is 5.75 Å². The van der Waals surface area contributed by atoms with E-state index in [1.807, 2.05) is 12.1 Å². The van der Waals surface area contributed by atoms with Crippen LogP contribution in [0.15, 0.2) is 48.5 Å². The molecule has 2 N–H and O–H groups in total. The highest BCUT2D eigenvalue weighted by atomic mass is 16.5. The number of nitrogens with one attached hydrogen (secondary N) is 2. The van der Waals surface area contributed by atoms with Crippen LogP contribution in [-0.4, -0.2) is 26.1 Å². The van der Waals surface area contributed by atoms with Crippen molar-refractivity contribution in [3.8, 4) is 5.75 Å². The lowest BCUT2D eigenvalue weighted by Gasteiger charge is -2.31.